The molecule has 8 nitrogen and oxygen atoms in total. The number of hydrogen-bond acceptors (Lipinski definition) is 6. The van der Waals surface area contributed by atoms with E-state index < -0.39 is 30.1 Å². The molecule has 1 aromatic carbocycles. The number of carbonyl (C=O) groups excluding carboxylic acids is 2. The van der Waals surface area contributed by atoms with Crippen LogP contribution in [0.4, 0.5) is 0 Å². The van der Waals surface area contributed by atoms with Gasteiger partial charge in [0.2, 0.25) is 17.7 Å². The lowest BCUT2D eigenvalue weighted by Crippen LogP contribution is -2.53. The molecular formula is C19H28N4O4. The SMILES string of the molecule is CC[C@@H](NC(=O)[C@H](C)NC(=O)[C@H](N)C(C)C)C(O)c1nc2ccccc2o1. The van der Waals surface area contributed by atoms with Crippen LogP contribution in [0.3, 0.4) is 0 Å². The number of oxazole rings is 1. The van der Waals surface area contributed by atoms with Gasteiger partial charge >= 0.3 is 0 Å². The number of amides is 2. The van der Waals surface area contributed by atoms with Gasteiger partial charge in [0.1, 0.15) is 11.6 Å². The lowest BCUT2D eigenvalue weighted by atomic mass is 10.0. The lowest BCUT2D eigenvalue weighted by molar-refractivity contribution is -0.130. The second-order valence-electron chi connectivity index (χ2n) is 6.99. The van der Waals surface area contributed by atoms with Crippen LogP contribution in [0.5, 0.6) is 0 Å². The van der Waals surface area contributed by atoms with Crippen LogP contribution in [0.1, 0.15) is 46.1 Å². The summed E-state index contributed by atoms with van der Waals surface area (Å²) in [5, 5.41) is 15.9. The van der Waals surface area contributed by atoms with E-state index in [0.717, 1.165) is 0 Å². The van der Waals surface area contributed by atoms with E-state index >= 15 is 0 Å². The fraction of sp³-hybridized carbons (Fsp3) is 0.526. The van der Waals surface area contributed by atoms with Gasteiger partial charge in [0, 0.05) is 0 Å². The van der Waals surface area contributed by atoms with Gasteiger partial charge in [0.05, 0.1) is 12.1 Å². The van der Waals surface area contributed by atoms with E-state index in [-0.39, 0.29) is 17.7 Å². The first-order valence-electron chi connectivity index (χ1n) is 9.14. The average molecular weight is 376 g/mol. The topological polar surface area (TPSA) is 130 Å². The quantitative estimate of drug-likeness (QED) is 0.548. The molecule has 0 aliphatic carbocycles. The first-order valence-corrected chi connectivity index (χ1v) is 9.14. The minimum Gasteiger partial charge on any atom is -0.438 e. The maximum atomic E-state index is 12.4. The second-order valence-corrected chi connectivity index (χ2v) is 6.99. The van der Waals surface area contributed by atoms with Crippen LogP contribution >= 0.6 is 0 Å². The summed E-state index contributed by atoms with van der Waals surface area (Å²) in [6, 6.07) is 5.10. The molecule has 27 heavy (non-hydrogen) atoms. The van der Waals surface area contributed by atoms with Gasteiger partial charge in [-0.3, -0.25) is 9.59 Å². The zero-order valence-electron chi connectivity index (χ0n) is 16.1. The normalized spacial score (nSPS) is 16.0. The molecule has 148 valence electrons. The number of aliphatic hydroxyl groups is 1. The average Bonchev–Trinajstić information content (AvgIpc) is 3.08. The predicted octanol–water partition coefficient (Wildman–Crippen LogP) is 1.24. The van der Waals surface area contributed by atoms with E-state index in [9.17, 15) is 14.7 Å². The Morgan fingerprint density at radius 2 is 1.85 bits per heavy atom. The van der Waals surface area contributed by atoms with E-state index in [1.807, 2.05) is 32.9 Å². The lowest BCUT2D eigenvalue weighted by Gasteiger charge is -2.24. The van der Waals surface area contributed by atoms with Crippen molar-refractivity contribution in [1.29, 1.82) is 0 Å². The van der Waals surface area contributed by atoms with Gasteiger partial charge in [-0.1, -0.05) is 32.9 Å². The maximum Gasteiger partial charge on any atom is 0.242 e. The fourth-order valence-corrected chi connectivity index (χ4v) is 2.58. The molecule has 0 aliphatic rings. The van der Waals surface area contributed by atoms with E-state index in [1.165, 1.54) is 0 Å². The van der Waals surface area contributed by atoms with Crippen LogP contribution in [-0.4, -0.2) is 40.0 Å². The smallest absolute Gasteiger partial charge is 0.242 e. The Kier molecular flexibility index (Phi) is 6.92. The van der Waals surface area contributed by atoms with Gasteiger partial charge in [-0.2, -0.15) is 0 Å². The molecule has 0 fully saturated rings. The van der Waals surface area contributed by atoms with Crippen molar-refractivity contribution in [3.8, 4) is 0 Å². The summed E-state index contributed by atoms with van der Waals surface area (Å²) in [4.78, 5) is 28.7. The van der Waals surface area contributed by atoms with E-state index in [2.05, 4.69) is 15.6 Å². The number of benzene rings is 1. The van der Waals surface area contributed by atoms with Gasteiger partial charge in [0.25, 0.3) is 0 Å². The van der Waals surface area contributed by atoms with Gasteiger partial charge in [0.15, 0.2) is 11.7 Å². The molecule has 0 saturated heterocycles. The Bertz CT molecular complexity index is 756. The highest BCUT2D eigenvalue weighted by molar-refractivity contribution is 5.89. The third-order valence-corrected chi connectivity index (χ3v) is 4.49. The van der Waals surface area contributed by atoms with Crippen molar-refractivity contribution in [3.05, 3.63) is 30.2 Å². The van der Waals surface area contributed by atoms with E-state index in [0.29, 0.717) is 17.5 Å². The van der Waals surface area contributed by atoms with Gasteiger partial charge in [-0.15, -0.1) is 0 Å². The molecule has 0 saturated carbocycles. The Balaban J connectivity index is 2.02. The number of hydrogen-bond donors (Lipinski definition) is 4. The van der Waals surface area contributed by atoms with Gasteiger partial charge in [-0.25, -0.2) is 4.98 Å². The van der Waals surface area contributed by atoms with Crippen LogP contribution in [0.2, 0.25) is 0 Å². The molecule has 0 radical (unpaired) electrons. The molecule has 8 heteroatoms. The molecule has 0 spiro atoms. The second kappa shape index (κ2) is 8.96. The van der Waals surface area contributed by atoms with Crippen LogP contribution in [0, 0.1) is 5.92 Å². The van der Waals surface area contributed by atoms with Gasteiger partial charge < -0.3 is 25.9 Å². The molecule has 5 N–H and O–H groups in total. The number of nitrogens with two attached hydrogens (primary N) is 1. The Morgan fingerprint density at radius 1 is 1.19 bits per heavy atom. The Labute approximate surface area is 158 Å². The molecule has 1 heterocycles. The minimum atomic E-state index is -1.10. The monoisotopic (exact) mass is 376 g/mol. The van der Waals surface area contributed by atoms with E-state index in [4.69, 9.17) is 10.2 Å². The molecule has 2 aromatic rings. The van der Waals surface area contributed by atoms with Gasteiger partial charge in [-0.05, 0) is 31.4 Å². The van der Waals surface area contributed by atoms with Crippen LogP contribution in [0.15, 0.2) is 28.7 Å². The number of aliphatic hydroxyl groups excluding tert-OH is 1. The summed E-state index contributed by atoms with van der Waals surface area (Å²) in [7, 11) is 0. The van der Waals surface area contributed by atoms with Crippen molar-refractivity contribution in [2.45, 2.75) is 58.3 Å². The standard InChI is InChI=1S/C19H28N4O4/c1-5-12(16(24)19-23-13-8-6-7-9-14(13)27-19)22-17(25)11(4)21-18(26)15(20)10(2)3/h6-12,15-16,24H,5,20H2,1-4H3,(H,21,26)(H,22,25)/t11-,12+,15+,16?/m0/s1. The first-order chi connectivity index (χ1) is 12.7. The van der Waals surface area contributed by atoms with Crippen LogP contribution in [-0.2, 0) is 9.59 Å². The van der Waals surface area contributed by atoms with Crippen molar-refractivity contribution >= 4 is 22.9 Å². The zero-order valence-corrected chi connectivity index (χ0v) is 16.1. The summed E-state index contributed by atoms with van der Waals surface area (Å²) < 4.78 is 5.58. The Morgan fingerprint density at radius 3 is 2.44 bits per heavy atom. The highest BCUT2D eigenvalue weighted by atomic mass is 16.4. The number of nitrogens with zero attached hydrogens (tertiary/aromatic N) is 1. The number of para-hydroxylation sites is 2. The third-order valence-electron chi connectivity index (χ3n) is 4.49. The molecule has 1 unspecified atom stereocenters. The third kappa shape index (κ3) is 5.05. The number of fused-ring (bicyclic) bond motifs is 1. The number of nitrogens with one attached hydrogen (secondary N) is 2. The molecule has 2 rings (SSSR count). The molecule has 0 bridgehead atoms. The summed E-state index contributed by atoms with van der Waals surface area (Å²) in [6.45, 7) is 7.06. The number of rotatable bonds is 8. The molecule has 1 aromatic heterocycles. The minimum absolute atomic E-state index is 0.0374. The maximum absolute atomic E-state index is 12.4. The van der Waals surface area contributed by atoms with Crippen molar-refractivity contribution in [3.63, 3.8) is 0 Å². The molecule has 0 aliphatic heterocycles. The summed E-state index contributed by atoms with van der Waals surface area (Å²) in [5.74, 6) is -0.701. The highest BCUT2D eigenvalue weighted by Crippen LogP contribution is 2.23. The molecule has 2 amide bonds. The van der Waals surface area contributed by atoms with Crippen molar-refractivity contribution in [2.24, 2.45) is 11.7 Å². The Hall–Kier alpha value is -2.45. The number of aromatic nitrogens is 1. The van der Waals surface area contributed by atoms with Crippen LogP contribution < -0.4 is 16.4 Å². The number of carbonyl (C=O) groups is 2. The zero-order chi connectivity index (χ0) is 20.1. The summed E-state index contributed by atoms with van der Waals surface area (Å²) in [5.41, 5.74) is 6.99. The van der Waals surface area contributed by atoms with Crippen molar-refractivity contribution in [2.75, 3.05) is 0 Å². The van der Waals surface area contributed by atoms with E-state index in [1.54, 1.807) is 19.1 Å². The predicted molar refractivity (Wildman–Crippen MR) is 102 cm³/mol. The summed E-state index contributed by atoms with van der Waals surface area (Å²) >= 11 is 0. The fourth-order valence-electron chi connectivity index (χ4n) is 2.58. The summed E-state index contributed by atoms with van der Waals surface area (Å²) in [6.07, 6.45) is -0.648. The first kappa shape index (κ1) is 20.9. The van der Waals surface area contributed by atoms with Crippen molar-refractivity contribution in [1.82, 2.24) is 15.6 Å². The highest BCUT2D eigenvalue weighted by Gasteiger charge is 2.28. The van der Waals surface area contributed by atoms with Crippen molar-refractivity contribution < 1.29 is 19.1 Å². The largest absolute Gasteiger partial charge is 0.438 e. The molecular weight excluding hydrogens is 348 g/mol. The molecule has 4 atom stereocenters. The van der Waals surface area contributed by atoms with Crippen LogP contribution in [0.25, 0.3) is 11.1 Å².